The van der Waals surface area contributed by atoms with E-state index in [1.807, 2.05) is 0 Å². The summed E-state index contributed by atoms with van der Waals surface area (Å²) >= 11 is 0. The van der Waals surface area contributed by atoms with Crippen LogP contribution in [0.1, 0.15) is 20.3 Å². The molecule has 3 unspecified atom stereocenters. The molecule has 0 spiro atoms. The number of aliphatic hydroxyl groups is 1. The van der Waals surface area contributed by atoms with Crippen LogP contribution in [-0.2, 0) is 14.6 Å². The van der Waals surface area contributed by atoms with Gasteiger partial charge in [0.25, 0.3) is 0 Å². The number of hydrogen-bond donors (Lipinski definition) is 2. The molecule has 1 aliphatic rings. The molecule has 0 amide bonds. The molecule has 0 aromatic rings. The van der Waals surface area contributed by atoms with Crippen molar-refractivity contribution in [3.63, 3.8) is 0 Å². The summed E-state index contributed by atoms with van der Waals surface area (Å²) in [5.74, 6) is -2.15. The van der Waals surface area contributed by atoms with Gasteiger partial charge in [-0.2, -0.15) is 0 Å². The number of sulfone groups is 1. The molecule has 1 saturated heterocycles. The highest BCUT2D eigenvalue weighted by Gasteiger charge is 2.53. The molecule has 1 rings (SSSR count). The minimum absolute atomic E-state index is 0.0940. The summed E-state index contributed by atoms with van der Waals surface area (Å²) < 4.78 is 22.7. The number of carboxylic acid groups (broad SMARTS) is 1. The van der Waals surface area contributed by atoms with Crippen molar-refractivity contribution in [2.24, 2.45) is 11.3 Å². The lowest BCUT2D eigenvalue weighted by molar-refractivity contribution is -0.153. The Bertz CT molecular complexity index is 359. The van der Waals surface area contributed by atoms with E-state index in [0.717, 1.165) is 0 Å². The van der Waals surface area contributed by atoms with Crippen molar-refractivity contribution in [1.82, 2.24) is 0 Å². The number of hydrogen-bond acceptors (Lipinski definition) is 4. The molecular formula is C9H16O5S. The number of carboxylic acids is 1. The van der Waals surface area contributed by atoms with Crippen LogP contribution in [0, 0.1) is 11.3 Å². The van der Waals surface area contributed by atoms with Gasteiger partial charge in [-0.25, -0.2) is 8.42 Å². The highest BCUT2D eigenvalue weighted by atomic mass is 32.2. The first-order valence-corrected chi connectivity index (χ1v) is 6.65. The second-order valence-corrected chi connectivity index (χ2v) is 6.52. The van der Waals surface area contributed by atoms with Gasteiger partial charge in [-0.15, -0.1) is 0 Å². The standard InChI is InChI=1S/C9H16O5S/c1-6(7(2)10)9(8(11)12)3-4-15(13,14)5-9/h6-7,10H,3-5H2,1-2H3,(H,11,12). The highest BCUT2D eigenvalue weighted by Crippen LogP contribution is 2.41. The first-order valence-electron chi connectivity index (χ1n) is 4.83. The smallest absolute Gasteiger partial charge is 0.311 e. The Morgan fingerprint density at radius 1 is 1.40 bits per heavy atom. The van der Waals surface area contributed by atoms with E-state index in [4.69, 9.17) is 5.11 Å². The van der Waals surface area contributed by atoms with E-state index in [2.05, 4.69) is 0 Å². The van der Waals surface area contributed by atoms with Gasteiger partial charge in [-0.05, 0) is 19.3 Å². The minimum atomic E-state index is -3.27. The molecule has 88 valence electrons. The molecule has 1 heterocycles. The van der Waals surface area contributed by atoms with E-state index < -0.39 is 33.2 Å². The van der Waals surface area contributed by atoms with Crippen molar-refractivity contribution in [3.8, 4) is 0 Å². The molecule has 15 heavy (non-hydrogen) atoms. The van der Waals surface area contributed by atoms with E-state index in [9.17, 15) is 18.3 Å². The van der Waals surface area contributed by atoms with Gasteiger partial charge < -0.3 is 10.2 Å². The monoisotopic (exact) mass is 236 g/mol. The fraction of sp³-hybridized carbons (Fsp3) is 0.889. The van der Waals surface area contributed by atoms with Crippen LogP contribution in [0.2, 0.25) is 0 Å². The average molecular weight is 236 g/mol. The Morgan fingerprint density at radius 2 is 1.93 bits per heavy atom. The maximum atomic E-state index is 11.3. The van der Waals surface area contributed by atoms with Gasteiger partial charge in [0.2, 0.25) is 0 Å². The summed E-state index contributed by atoms with van der Waals surface area (Å²) in [6.45, 7) is 3.07. The van der Waals surface area contributed by atoms with Crippen LogP contribution in [0.4, 0.5) is 0 Å². The molecule has 3 atom stereocenters. The fourth-order valence-electron chi connectivity index (χ4n) is 2.06. The first-order chi connectivity index (χ1) is 6.71. The maximum absolute atomic E-state index is 11.3. The van der Waals surface area contributed by atoms with Crippen molar-refractivity contribution >= 4 is 15.8 Å². The molecule has 5 nitrogen and oxygen atoms in total. The molecule has 2 N–H and O–H groups in total. The summed E-state index contributed by atoms with van der Waals surface area (Å²) in [6.07, 6.45) is -0.731. The number of carbonyl (C=O) groups is 1. The van der Waals surface area contributed by atoms with Gasteiger partial charge in [0.1, 0.15) is 0 Å². The Labute approximate surface area is 89.0 Å². The van der Waals surface area contributed by atoms with Crippen molar-refractivity contribution in [3.05, 3.63) is 0 Å². The molecule has 0 aromatic heterocycles. The van der Waals surface area contributed by atoms with Crippen molar-refractivity contribution < 1.29 is 23.4 Å². The lowest BCUT2D eigenvalue weighted by atomic mass is 9.73. The van der Waals surface area contributed by atoms with E-state index >= 15 is 0 Å². The largest absolute Gasteiger partial charge is 0.481 e. The molecule has 6 heteroatoms. The summed E-state index contributed by atoms with van der Waals surface area (Å²) in [5.41, 5.74) is -1.31. The maximum Gasteiger partial charge on any atom is 0.311 e. The summed E-state index contributed by atoms with van der Waals surface area (Å²) in [7, 11) is -3.27. The normalized spacial score (nSPS) is 33.5. The Kier molecular flexibility index (Phi) is 3.11. The first kappa shape index (κ1) is 12.4. The molecule has 0 saturated carbocycles. The zero-order valence-corrected chi connectivity index (χ0v) is 9.62. The Hall–Kier alpha value is -0.620. The van der Waals surface area contributed by atoms with E-state index in [-0.39, 0.29) is 17.9 Å². The quantitative estimate of drug-likeness (QED) is 0.713. The number of rotatable bonds is 3. The third-order valence-electron chi connectivity index (χ3n) is 3.36. The highest BCUT2D eigenvalue weighted by molar-refractivity contribution is 7.91. The molecule has 0 radical (unpaired) electrons. The fourth-order valence-corrected chi connectivity index (χ4v) is 4.19. The zero-order chi connectivity index (χ0) is 11.9. The zero-order valence-electron chi connectivity index (χ0n) is 8.80. The summed E-state index contributed by atoms with van der Waals surface area (Å²) in [6, 6.07) is 0. The number of aliphatic hydroxyl groups excluding tert-OH is 1. The third kappa shape index (κ3) is 2.15. The van der Waals surface area contributed by atoms with Gasteiger partial charge in [0.05, 0.1) is 23.0 Å². The van der Waals surface area contributed by atoms with Crippen LogP contribution in [0.15, 0.2) is 0 Å². The molecule has 0 aliphatic carbocycles. The van der Waals surface area contributed by atoms with Gasteiger partial charge in [0, 0.05) is 0 Å². The van der Waals surface area contributed by atoms with E-state index in [1.54, 1.807) is 6.92 Å². The van der Waals surface area contributed by atoms with E-state index in [0.29, 0.717) is 0 Å². The lowest BCUT2D eigenvalue weighted by Crippen LogP contribution is -2.43. The summed E-state index contributed by atoms with van der Waals surface area (Å²) in [4.78, 5) is 11.2. The molecular weight excluding hydrogens is 220 g/mol. The predicted octanol–water partition coefficient (Wildman–Crippen LogP) is -0.107. The third-order valence-corrected chi connectivity index (χ3v) is 5.14. The average Bonchev–Trinajstić information content (AvgIpc) is 2.41. The van der Waals surface area contributed by atoms with Crippen LogP contribution >= 0.6 is 0 Å². The van der Waals surface area contributed by atoms with Gasteiger partial charge in [0.15, 0.2) is 9.84 Å². The molecule has 1 aliphatic heterocycles. The van der Waals surface area contributed by atoms with Crippen molar-refractivity contribution in [1.29, 1.82) is 0 Å². The van der Waals surface area contributed by atoms with Gasteiger partial charge in [-0.1, -0.05) is 6.92 Å². The molecule has 0 aromatic carbocycles. The van der Waals surface area contributed by atoms with Gasteiger partial charge >= 0.3 is 5.97 Å². The second kappa shape index (κ2) is 3.75. The predicted molar refractivity (Wildman–Crippen MR) is 54.2 cm³/mol. The van der Waals surface area contributed by atoms with Crippen LogP contribution in [-0.4, -0.2) is 42.2 Å². The molecule has 0 bridgehead atoms. The number of aliphatic carboxylic acids is 1. The molecule has 1 fully saturated rings. The lowest BCUT2D eigenvalue weighted by Gasteiger charge is -2.31. The van der Waals surface area contributed by atoms with Crippen molar-refractivity contribution in [2.75, 3.05) is 11.5 Å². The topological polar surface area (TPSA) is 91.7 Å². The Morgan fingerprint density at radius 3 is 2.20 bits per heavy atom. The van der Waals surface area contributed by atoms with Crippen molar-refractivity contribution in [2.45, 2.75) is 26.4 Å². The van der Waals surface area contributed by atoms with Crippen LogP contribution in [0.5, 0.6) is 0 Å². The van der Waals surface area contributed by atoms with Crippen LogP contribution in [0.3, 0.4) is 0 Å². The SMILES string of the molecule is CC(O)C(C)C1(C(=O)O)CCS(=O)(=O)C1. The minimum Gasteiger partial charge on any atom is -0.481 e. The Balaban J connectivity index is 3.08. The summed E-state index contributed by atoms with van der Waals surface area (Å²) in [5, 5.41) is 18.5. The van der Waals surface area contributed by atoms with E-state index in [1.165, 1.54) is 6.92 Å². The van der Waals surface area contributed by atoms with Crippen LogP contribution < -0.4 is 0 Å². The second-order valence-electron chi connectivity index (χ2n) is 4.33. The van der Waals surface area contributed by atoms with Crippen LogP contribution in [0.25, 0.3) is 0 Å². The van der Waals surface area contributed by atoms with Gasteiger partial charge in [-0.3, -0.25) is 4.79 Å².